The molecule has 8 heteroatoms. The van der Waals surface area contributed by atoms with Crippen LogP contribution in [0, 0.1) is 17.5 Å². The second-order valence-electron chi connectivity index (χ2n) is 6.70. The van der Waals surface area contributed by atoms with Crippen LogP contribution >= 0.6 is 11.6 Å². The summed E-state index contributed by atoms with van der Waals surface area (Å²) in [5, 5.41) is 5.62. The number of urea groups is 1. The van der Waals surface area contributed by atoms with Crippen molar-refractivity contribution in [1.82, 2.24) is 9.91 Å². The van der Waals surface area contributed by atoms with E-state index in [-0.39, 0.29) is 6.03 Å². The molecule has 2 aromatic carbocycles. The molecule has 0 spiro atoms. The monoisotopic (exact) mass is 405 g/mol. The highest BCUT2D eigenvalue weighted by Gasteiger charge is 2.35. The van der Waals surface area contributed by atoms with Gasteiger partial charge in [0, 0.05) is 31.8 Å². The molecule has 0 aromatic heterocycles. The van der Waals surface area contributed by atoms with Gasteiger partial charge in [0.05, 0.1) is 11.1 Å². The van der Waals surface area contributed by atoms with E-state index in [4.69, 9.17) is 11.6 Å². The molecule has 144 valence electrons. The zero-order chi connectivity index (χ0) is 19.8. The summed E-state index contributed by atoms with van der Waals surface area (Å²) in [6.45, 7) is 0.756. The fourth-order valence-electron chi connectivity index (χ4n) is 3.30. The summed E-state index contributed by atoms with van der Waals surface area (Å²) in [7, 11) is 0. The van der Waals surface area contributed by atoms with Crippen LogP contribution in [0.3, 0.4) is 0 Å². The summed E-state index contributed by atoms with van der Waals surface area (Å²) in [5.41, 5.74) is 1.99. The van der Waals surface area contributed by atoms with Gasteiger partial charge in [-0.05, 0) is 41.0 Å². The van der Waals surface area contributed by atoms with Crippen LogP contribution in [0.15, 0.2) is 47.1 Å². The molecule has 0 aliphatic carbocycles. The van der Waals surface area contributed by atoms with Crippen LogP contribution < -0.4 is 0 Å². The third kappa shape index (κ3) is 3.62. The number of likely N-dealkylation sites (tertiary alicyclic amines) is 1. The third-order valence-electron chi connectivity index (χ3n) is 4.68. The second kappa shape index (κ2) is 7.31. The lowest BCUT2D eigenvalue weighted by atomic mass is 10.0. The molecule has 2 aliphatic heterocycles. The van der Waals surface area contributed by atoms with E-state index in [1.165, 1.54) is 29.3 Å². The van der Waals surface area contributed by atoms with Crippen LogP contribution in [0.5, 0.6) is 0 Å². The summed E-state index contributed by atoms with van der Waals surface area (Å²) < 4.78 is 40.2. The van der Waals surface area contributed by atoms with Gasteiger partial charge in [-0.25, -0.2) is 23.0 Å². The number of hydrogen-bond donors (Lipinski definition) is 0. The maximum absolute atomic E-state index is 13.5. The number of carbonyl (C=O) groups is 1. The Morgan fingerprint density at radius 3 is 2.46 bits per heavy atom. The number of carbonyl (C=O) groups excluding carboxylic acids is 1. The molecule has 1 saturated heterocycles. The van der Waals surface area contributed by atoms with Crippen molar-refractivity contribution in [3.63, 3.8) is 0 Å². The number of nitrogens with zero attached hydrogens (tertiary/aromatic N) is 3. The van der Waals surface area contributed by atoms with Gasteiger partial charge in [-0.2, -0.15) is 5.10 Å². The highest BCUT2D eigenvalue weighted by Crippen LogP contribution is 2.32. The number of halogens is 4. The van der Waals surface area contributed by atoms with Gasteiger partial charge in [0.1, 0.15) is 17.5 Å². The van der Waals surface area contributed by atoms with Crippen LogP contribution in [0.4, 0.5) is 18.0 Å². The first-order chi connectivity index (χ1) is 13.4. The molecule has 0 saturated carbocycles. The van der Waals surface area contributed by atoms with Crippen molar-refractivity contribution in [2.75, 3.05) is 13.1 Å². The van der Waals surface area contributed by atoms with E-state index in [0.29, 0.717) is 35.7 Å². The van der Waals surface area contributed by atoms with Gasteiger partial charge < -0.3 is 4.90 Å². The average molecular weight is 406 g/mol. The Bertz CT molecular complexity index is 980. The van der Waals surface area contributed by atoms with Gasteiger partial charge in [-0.3, -0.25) is 0 Å². The largest absolute Gasteiger partial charge is 0.341 e. The van der Waals surface area contributed by atoms with Crippen LogP contribution in [0.1, 0.15) is 23.6 Å². The number of rotatable bonds is 2. The van der Waals surface area contributed by atoms with Crippen molar-refractivity contribution < 1.29 is 18.0 Å². The minimum atomic E-state index is -0.695. The van der Waals surface area contributed by atoms with Gasteiger partial charge in [0.25, 0.3) is 0 Å². The molecule has 28 heavy (non-hydrogen) atoms. The van der Waals surface area contributed by atoms with Crippen molar-refractivity contribution >= 4 is 29.9 Å². The maximum Gasteiger partial charge on any atom is 0.341 e. The van der Waals surface area contributed by atoms with Gasteiger partial charge >= 0.3 is 6.03 Å². The van der Waals surface area contributed by atoms with Crippen molar-refractivity contribution in [2.45, 2.75) is 12.5 Å². The van der Waals surface area contributed by atoms with Gasteiger partial charge in [0.2, 0.25) is 0 Å². The van der Waals surface area contributed by atoms with Gasteiger partial charge in [-0.15, -0.1) is 0 Å². The van der Waals surface area contributed by atoms with Crippen molar-refractivity contribution in [1.29, 1.82) is 0 Å². The zero-order valence-corrected chi connectivity index (χ0v) is 15.3. The fraction of sp³-hybridized carbons (Fsp3) is 0.200. The summed E-state index contributed by atoms with van der Waals surface area (Å²) >= 11 is 6.02. The molecule has 2 heterocycles. The van der Waals surface area contributed by atoms with Crippen molar-refractivity contribution in [3.05, 3.63) is 75.6 Å². The normalized spacial score (nSPS) is 18.4. The van der Waals surface area contributed by atoms with E-state index in [2.05, 4.69) is 5.10 Å². The minimum absolute atomic E-state index is 0.301. The zero-order valence-electron chi connectivity index (χ0n) is 14.6. The Balaban J connectivity index is 1.45. The van der Waals surface area contributed by atoms with E-state index < -0.39 is 23.5 Å². The first-order valence-corrected chi connectivity index (χ1v) is 8.99. The topological polar surface area (TPSA) is 35.9 Å². The van der Waals surface area contributed by atoms with E-state index in [9.17, 15) is 18.0 Å². The number of amides is 2. The molecule has 0 unspecified atom stereocenters. The first-order valence-electron chi connectivity index (χ1n) is 8.62. The van der Waals surface area contributed by atoms with Crippen LogP contribution in [0.25, 0.3) is 6.08 Å². The maximum atomic E-state index is 13.5. The van der Waals surface area contributed by atoms with E-state index in [1.807, 2.05) is 6.08 Å². The second-order valence-corrected chi connectivity index (χ2v) is 7.11. The molecule has 0 N–H and O–H groups in total. The number of hydrazone groups is 1. The quantitative estimate of drug-likeness (QED) is 0.692. The predicted octanol–water partition coefficient (Wildman–Crippen LogP) is 5.01. The first kappa shape index (κ1) is 18.6. The van der Waals surface area contributed by atoms with Gasteiger partial charge in [0.15, 0.2) is 0 Å². The van der Waals surface area contributed by atoms with E-state index in [0.717, 1.165) is 11.6 Å². The molecule has 2 amide bonds. The molecular formula is C20H15ClF3N3O. The lowest BCUT2D eigenvalue weighted by Crippen LogP contribution is -2.49. The average Bonchev–Trinajstić information content (AvgIpc) is 3.07. The van der Waals surface area contributed by atoms with Crippen LogP contribution in [-0.4, -0.2) is 35.2 Å². The van der Waals surface area contributed by atoms with Crippen LogP contribution in [-0.2, 0) is 0 Å². The van der Waals surface area contributed by atoms with E-state index in [1.54, 1.807) is 17.2 Å². The predicted molar refractivity (Wildman–Crippen MR) is 100 cm³/mol. The highest BCUT2D eigenvalue weighted by atomic mass is 35.5. The molecule has 1 atom stereocenters. The summed E-state index contributed by atoms with van der Waals surface area (Å²) in [6.07, 6.45) is 3.76. The summed E-state index contributed by atoms with van der Waals surface area (Å²) in [5.74, 6) is -1.80. The SMILES string of the molecule is O=C(N1CC(=Cc2ccc(F)cc2Cl)C1)N1N=CC[C@H]1c1cc(F)cc(F)c1. The molecule has 2 aromatic rings. The summed E-state index contributed by atoms with van der Waals surface area (Å²) in [4.78, 5) is 14.3. The molecular weight excluding hydrogens is 391 g/mol. The Hall–Kier alpha value is -2.80. The molecule has 4 rings (SSSR count). The molecule has 4 nitrogen and oxygen atoms in total. The molecule has 0 radical (unpaired) electrons. The Kier molecular flexibility index (Phi) is 4.85. The Labute approximate surface area is 164 Å². The minimum Gasteiger partial charge on any atom is -0.315 e. The van der Waals surface area contributed by atoms with Crippen LogP contribution in [0.2, 0.25) is 5.02 Å². The third-order valence-corrected chi connectivity index (χ3v) is 5.00. The number of benzene rings is 2. The molecule has 1 fully saturated rings. The lowest BCUT2D eigenvalue weighted by Gasteiger charge is -2.37. The van der Waals surface area contributed by atoms with Crippen molar-refractivity contribution in [3.8, 4) is 0 Å². The summed E-state index contributed by atoms with van der Waals surface area (Å²) in [6, 6.07) is 6.45. The standard InChI is InChI=1S/C20H15ClF3N3O/c21-18-9-15(22)2-1-13(18)5-12-10-26(11-12)20(28)27-19(3-4-25-27)14-6-16(23)8-17(24)7-14/h1-2,4-9,19H,3,10-11H2/t19-/m0/s1. The smallest absolute Gasteiger partial charge is 0.315 e. The fourth-order valence-corrected chi connectivity index (χ4v) is 3.52. The highest BCUT2D eigenvalue weighted by molar-refractivity contribution is 6.32. The molecule has 2 aliphatic rings. The Morgan fingerprint density at radius 2 is 1.79 bits per heavy atom. The Morgan fingerprint density at radius 1 is 1.07 bits per heavy atom. The lowest BCUT2D eigenvalue weighted by molar-refractivity contribution is 0.136. The van der Waals surface area contributed by atoms with Crippen molar-refractivity contribution in [2.24, 2.45) is 5.10 Å². The molecule has 0 bridgehead atoms. The number of hydrogen-bond acceptors (Lipinski definition) is 2. The van der Waals surface area contributed by atoms with E-state index >= 15 is 0 Å². The van der Waals surface area contributed by atoms with Gasteiger partial charge in [-0.1, -0.05) is 23.7 Å².